The third kappa shape index (κ3) is 2.71. The van der Waals surface area contributed by atoms with Crippen LogP contribution in [0.4, 0.5) is 0 Å². The van der Waals surface area contributed by atoms with Crippen molar-refractivity contribution in [2.75, 3.05) is 6.61 Å². The normalized spacial score (nSPS) is 18.6. The van der Waals surface area contributed by atoms with Crippen LogP contribution in [0.15, 0.2) is 0 Å². The lowest BCUT2D eigenvalue weighted by molar-refractivity contribution is 0.194. The molecule has 0 rings (SSSR count). The van der Waals surface area contributed by atoms with Crippen molar-refractivity contribution in [1.82, 2.24) is 0 Å². The summed E-state index contributed by atoms with van der Waals surface area (Å²) in [7, 11) is 3.46. The zero-order valence-corrected chi connectivity index (χ0v) is 4.76. The van der Waals surface area contributed by atoms with Crippen molar-refractivity contribution in [3.05, 3.63) is 0 Å². The molecule has 0 aromatic rings. The van der Waals surface area contributed by atoms with Crippen molar-refractivity contribution >= 4 is 15.7 Å². The van der Waals surface area contributed by atoms with Crippen LogP contribution < -0.4 is 0 Å². The van der Waals surface area contributed by atoms with Gasteiger partial charge in [-0.25, -0.2) is 0 Å². The van der Waals surface area contributed by atoms with Gasteiger partial charge in [-0.3, -0.25) is 0 Å². The molecule has 0 aliphatic carbocycles. The maximum absolute atomic E-state index is 8.66. The molecule has 0 saturated heterocycles. The quantitative estimate of drug-likeness (QED) is 0.372. The molecule has 0 spiro atoms. The van der Waals surface area contributed by atoms with E-state index in [4.69, 9.17) is 10.2 Å². The highest BCUT2D eigenvalue weighted by Gasteiger charge is 2.04. The monoisotopic (exact) mass is 100 g/mol. The van der Waals surface area contributed by atoms with Gasteiger partial charge in [0.05, 0.1) is 0 Å². The molecule has 0 fully saturated rings. The number of hydrogen-bond acceptors (Lipinski definition) is 2. The Bertz CT molecular complexity index is 48.2. The van der Waals surface area contributed by atoms with E-state index >= 15 is 0 Å². The molecule has 7 heavy (non-hydrogen) atoms. The molecule has 2 nitrogen and oxygen atoms in total. The topological polar surface area (TPSA) is 40.5 Å². The Morgan fingerprint density at radius 1 is 1.43 bits per heavy atom. The standard InChI is InChI=1S/C3H10B2O2/c4-2(1-6)3(5)7/h2-3,6-7H,1,4-5H2. The minimum Gasteiger partial charge on any atom is -0.403 e. The van der Waals surface area contributed by atoms with Crippen molar-refractivity contribution in [2.45, 2.75) is 11.8 Å². The molecule has 0 aromatic heterocycles. The van der Waals surface area contributed by atoms with Crippen LogP contribution in [0, 0.1) is 0 Å². The van der Waals surface area contributed by atoms with E-state index in [1.165, 1.54) is 0 Å². The van der Waals surface area contributed by atoms with Gasteiger partial charge in [-0.1, -0.05) is 0 Å². The van der Waals surface area contributed by atoms with Crippen LogP contribution in [0.5, 0.6) is 0 Å². The van der Waals surface area contributed by atoms with Crippen LogP contribution >= 0.6 is 0 Å². The molecule has 0 aliphatic rings. The van der Waals surface area contributed by atoms with E-state index in [9.17, 15) is 0 Å². The summed E-state index contributed by atoms with van der Waals surface area (Å²) >= 11 is 0. The summed E-state index contributed by atoms with van der Waals surface area (Å²) < 4.78 is 0. The first-order valence-corrected chi connectivity index (χ1v) is 2.47. The molecule has 0 aromatic carbocycles. The lowest BCUT2D eigenvalue weighted by Gasteiger charge is -2.08. The van der Waals surface area contributed by atoms with Gasteiger partial charge in [0.15, 0.2) is 0 Å². The van der Waals surface area contributed by atoms with Gasteiger partial charge in [0.1, 0.15) is 15.7 Å². The van der Waals surface area contributed by atoms with Crippen LogP contribution in [0.25, 0.3) is 0 Å². The average Bonchev–Trinajstić information content (AvgIpc) is 1.65. The molecule has 0 bridgehead atoms. The molecule has 0 amide bonds. The SMILES string of the molecule is BC(O)C(B)CO. The van der Waals surface area contributed by atoms with E-state index in [2.05, 4.69) is 0 Å². The summed E-state index contributed by atoms with van der Waals surface area (Å²) in [6, 6.07) is -0.384. The summed E-state index contributed by atoms with van der Waals surface area (Å²) in [5.74, 6) is 0.0139. The van der Waals surface area contributed by atoms with Gasteiger partial charge in [-0.05, 0) is 5.82 Å². The van der Waals surface area contributed by atoms with Gasteiger partial charge in [-0.15, -0.1) is 0 Å². The Balaban J connectivity index is 3.14. The Labute approximate surface area is 45.4 Å². The minimum atomic E-state index is -0.384. The first-order valence-electron chi connectivity index (χ1n) is 2.47. The molecule has 0 saturated carbocycles. The molecule has 2 N–H and O–H groups in total. The number of hydrogen-bond donors (Lipinski definition) is 2. The molecule has 0 radical (unpaired) electrons. The maximum atomic E-state index is 8.66. The van der Waals surface area contributed by atoms with Crippen LogP contribution in [-0.4, -0.2) is 38.5 Å². The highest BCUT2D eigenvalue weighted by Crippen LogP contribution is 1.98. The molecule has 4 heteroatoms. The molecule has 2 unspecified atom stereocenters. The lowest BCUT2D eigenvalue weighted by atomic mass is 9.75. The maximum Gasteiger partial charge on any atom is 0.138 e. The van der Waals surface area contributed by atoms with E-state index < -0.39 is 0 Å². The second-order valence-electron chi connectivity index (χ2n) is 1.90. The highest BCUT2D eigenvalue weighted by atomic mass is 16.3. The summed E-state index contributed by atoms with van der Waals surface area (Å²) in [6.45, 7) is 0.0671. The summed E-state index contributed by atoms with van der Waals surface area (Å²) in [6.07, 6.45) is 0. The Kier molecular flexibility index (Phi) is 3.13. The van der Waals surface area contributed by atoms with Crippen molar-refractivity contribution in [1.29, 1.82) is 0 Å². The highest BCUT2D eigenvalue weighted by molar-refractivity contribution is 6.20. The fourth-order valence-electron chi connectivity index (χ4n) is 0.153. The molecular formula is C3H10B2O2. The predicted molar refractivity (Wildman–Crippen MR) is 33.9 cm³/mol. The van der Waals surface area contributed by atoms with Crippen molar-refractivity contribution in [3.63, 3.8) is 0 Å². The third-order valence-corrected chi connectivity index (χ3v) is 1.11. The first-order chi connectivity index (χ1) is 3.18. The van der Waals surface area contributed by atoms with E-state index in [1.807, 2.05) is 0 Å². The van der Waals surface area contributed by atoms with Gasteiger partial charge in [-0.2, -0.15) is 0 Å². The fraction of sp³-hybridized carbons (Fsp3) is 1.00. The zero-order chi connectivity index (χ0) is 5.86. The molecule has 2 atom stereocenters. The van der Waals surface area contributed by atoms with Crippen molar-refractivity contribution < 1.29 is 10.2 Å². The largest absolute Gasteiger partial charge is 0.403 e. The van der Waals surface area contributed by atoms with Crippen LogP contribution in [0.1, 0.15) is 0 Å². The van der Waals surface area contributed by atoms with Gasteiger partial charge in [0.25, 0.3) is 0 Å². The number of rotatable bonds is 2. The van der Waals surface area contributed by atoms with Gasteiger partial charge < -0.3 is 10.2 Å². The van der Waals surface area contributed by atoms with Crippen LogP contribution in [-0.2, 0) is 0 Å². The smallest absolute Gasteiger partial charge is 0.138 e. The first kappa shape index (κ1) is 7.05. The average molecular weight is 99.7 g/mol. The Morgan fingerprint density at radius 2 is 1.86 bits per heavy atom. The molecule has 0 aliphatic heterocycles. The second kappa shape index (κ2) is 3.10. The third-order valence-electron chi connectivity index (χ3n) is 1.11. The van der Waals surface area contributed by atoms with E-state index in [1.54, 1.807) is 15.7 Å². The Hall–Kier alpha value is 0.0499. The molecule has 0 heterocycles. The Morgan fingerprint density at radius 3 is 1.86 bits per heavy atom. The molecular weight excluding hydrogens is 89.7 g/mol. The van der Waals surface area contributed by atoms with Crippen LogP contribution in [0.3, 0.4) is 0 Å². The summed E-state index contributed by atoms with van der Waals surface area (Å²) in [5.41, 5.74) is 0. The number of aliphatic hydroxyl groups is 2. The van der Waals surface area contributed by atoms with Crippen LogP contribution in [0.2, 0.25) is 5.82 Å². The molecule has 40 valence electrons. The van der Waals surface area contributed by atoms with E-state index in [-0.39, 0.29) is 18.4 Å². The van der Waals surface area contributed by atoms with Crippen molar-refractivity contribution in [3.8, 4) is 0 Å². The number of aliphatic hydroxyl groups excluding tert-OH is 2. The van der Waals surface area contributed by atoms with Gasteiger partial charge >= 0.3 is 0 Å². The van der Waals surface area contributed by atoms with Crippen molar-refractivity contribution in [2.24, 2.45) is 0 Å². The predicted octanol–water partition coefficient (Wildman–Crippen LogP) is -2.65. The van der Waals surface area contributed by atoms with E-state index in [0.717, 1.165) is 0 Å². The minimum absolute atomic E-state index is 0.0139. The van der Waals surface area contributed by atoms with Gasteiger partial charge in [0.2, 0.25) is 0 Å². The summed E-state index contributed by atoms with van der Waals surface area (Å²) in [4.78, 5) is 0. The summed E-state index contributed by atoms with van der Waals surface area (Å²) in [5, 5.41) is 17.0. The lowest BCUT2D eigenvalue weighted by Crippen LogP contribution is -2.17. The fourth-order valence-corrected chi connectivity index (χ4v) is 0.153. The van der Waals surface area contributed by atoms with E-state index in [0.29, 0.717) is 0 Å². The zero-order valence-electron chi connectivity index (χ0n) is 4.76. The second-order valence-corrected chi connectivity index (χ2v) is 1.90. The van der Waals surface area contributed by atoms with Gasteiger partial charge in [0, 0.05) is 12.6 Å².